The molecule has 0 amide bonds. The van der Waals surface area contributed by atoms with E-state index in [0.717, 1.165) is 60.6 Å². The summed E-state index contributed by atoms with van der Waals surface area (Å²) in [7, 11) is 1.91. The highest BCUT2D eigenvalue weighted by Gasteiger charge is 2.24. The number of nitrogens with zero attached hydrogens (tertiary/aromatic N) is 7. The van der Waals surface area contributed by atoms with Gasteiger partial charge in [0, 0.05) is 45.4 Å². The van der Waals surface area contributed by atoms with Crippen LogP contribution in [-0.2, 0) is 13.5 Å². The van der Waals surface area contributed by atoms with E-state index < -0.39 is 0 Å². The molecule has 0 unspecified atom stereocenters. The summed E-state index contributed by atoms with van der Waals surface area (Å²) >= 11 is 0. The van der Waals surface area contributed by atoms with Crippen LogP contribution in [0.2, 0.25) is 0 Å². The minimum absolute atomic E-state index is 0.131. The molecule has 4 heterocycles. The maximum atomic E-state index is 5.96. The quantitative estimate of drug-likeness (QED) is 0.710. The minimum atomic E-state index is 0.131. The number of aryl methyl sites for hydroxylation is 3. The topological polar surface area (TPSA) is 81.9 Å². The van der Waals surface area contributed by atoms with Crippen molar-refractivity contribution < 1.29 is 4.74 Å². The van der Waals surface area contributed by atoms with E-state index in [4.69, 9.17) is 4.74 Å². The van der Waals surface area contributed by atoms with Gasteiger partial charge in [0.2, 0.25) is 0 Å². The zero-order valence-corrected chi connectivity index (χ0v) is 15.4. The summed E-state index contributed by atoms with van der Waals surface area (Å²) in [6.07, 6.45) is 8.38. The molecule has 1 aliphatic rings. The van der Waals surface area contributed by atoms with E-state index in [1.54, 1.807) is 4.68 Å². The molecule has 0 radical (unpaired) electrons. The summed E-state index contributed by atoms with van der Waals surface area (Å²) in [6, 6.07) is 0.466. The second-order valence-electron chi connectivity index (χ2n) is 6.63. The van der Waals surface area contributed by atoms with Gasteiger partial charge in [-0.25, -0.2) is 19.9 Å². The van der Waals surface area contributed by atoms with Gasteiger partial charge >= 0.3 is 6.01 Å². The third kappa shape index (κ3) is 3.18. The predicted molar refractivity (Wildman–Crippen MR) is 98.3 cm³/mol. The third-order valence-corrected chi connectivity index (χ3v) is 4.79. The number of rotatable bonds is 4. The molecule has 0 bridgehead atoms. The molecule has 0 aromatic carbocycles. The number of aromatic nitrogens is 6. The van der Waals surface area contributed by atoms with E-state index in [1.165, 1.54) is 0 Å². The van der Waals surface area contributed by atoms with Crippen molar-refractivity contribution in [2.75, 3.05) is 18.0 Å². The first-order chi connectivity index (χ1) is 12.6. The summed E-state index contributed by atoms with van der Waals surface area (Å²) in [6.45, 7) is 5.75. The number of hydrogen-bond donors (Lipinski definition) is 0. The van der Waals surface area contributed by atoms with Crippen LogP contribution in [0, 0.1) is 6.92 Å². The lowest BCUT2D eigenvalue weighted by molar-refractivity contribution is 0.156. The molecule has 0 N–H and O–H groups in total. The van der Waals surface area contributed by atoms with Crippen molar-refractivity contribution in [3.05, 3.63) is 30.0 Å². The Bertz CT molecular complexity index is 898. The lowest BCUT2D eigenvalue weighted by atomic mass is 10.1. The summed E-state index contributed by atoms with van der Waals surface area (Å²) in [4.78, 5) is 20.0. The molecule has 3 aromatic rings. The van der Waals surface area contributed by atoms with Gasteiger partial charge in [0.15, 0.2) is 5.65 Å². The van der Waals surface area contributed by atoms with E-state index in [1.807, 2.05) is 32.6 Å². The minimum Gasteiger partial charge on any atom is -0.460 e. The fourth-order valence-corrected chi connectivity index (χ4v) is 3.28. The van der Waals surface area contributed by atoms with Gasteiger partial charge in [-0.15, -0.1) is 0 Å². The van der Waals surface area contributed by atoms with Gasteiger partial charge in [-0.2, -0.15) is 5.10 Å². The van der Waals surface area contributed by atoms with E-state index in [9.17, 15) is 0 Å². The first kappa shape index (κ1) is 16.7. The molecule has 1 fully saturated rings. The smallest absolute Gasteiger partial charge is 0.316 e. The van der Waals surface area contributed by atoms with Gasteiger partial charge in [-0.05, 0) is 18.9 Å². The maximum Gasteiger partial charge on any atom is 0.316 e. The fraction of sp³-hybridized carbons (Fsp3) is 0.500. The van der Waals surface area contributed by atoms with E-state index in [0.29, 0.717) is 6.01 Å². The molecule has 1 aliphatic heterocycles. The van der Waals surface area contributed by atoms with Crippen molar-refractivity contribution in [2.45, 2.75) is 39.2 Å². The zero-order valence-electron chi connectivity index (χ0n) is 15.4. The van der Waals surface area contributed by atoms with Crippen molar-refractivity contribution in [3.63, 3.8) is 0 Å². The largest absolute Gasteiger partial charge is 0.460 e. The van der Waals surface area contributed by atoms with Crippen LogP contribution in [0.25, 0.3) is 11.0 Å². The molecule has 8 nitrogen and oxygen atoms in total. The predicted octanol–water partition coefficient (Wildman–Crippen LogP) is 2.07. The molecule has 3 aromatic heterocycles. The Morgan fingerprint density at radius 1 is 1.12 bits per heavy atom. The SMILES string of the molecule is CCc1cnc(OC2CCN(c3nc(C)nc4c3cnn4C)CC2)nc1. The number of ether oxygens (including phenoxy) is 1. The van der Waals surface area contributed by atoms with Crippen molar-refractivity contribution in [3.8, 4) is 6.01 Å². The number of anilines is 1. The van der Waals surface area contributed by atoms with Gasteiger partial charge in [0.25, 0.3) is 0 Å². The Kier molecular flexibility index (Phi) is 4.40. The van der Waals surface area contributed by atoms with Crippen LogP contribution >= 0.6 is 0 Å². The Balaban J connectivity index is 1.45. The fourth-order valence-electron chi connectivity index (χ4n) is 3.28. The Labute approximate surface area is 152 Å². The molecule has 8 heteroatoms. The Morgan fingerprint density at radius 3 is 2.54 bits per heavy atom. The van der Waals surface area contributed by atoms with Crippen LogP contribution in [0.3, 0.4) is 0 Å². The molecule has 136 valence electrons. The standard InChI is InChI=1S/C18H23N7O/c1-4-13-9-19-18(20-10-13)26-14-5-7-25(8-6-14)17-15-11-21-24(3)16(15)22-12(2)23-17/h9-11,14H,4-8H2,1-3H3. The third-order valence-electron chi connectivity index (χ3n) is 4.79. The highest BCUT2D eigenvalue weighted by molar-refractivity contribution is 5.87. The summed E-state index contributed by atoms with van der Waals surface area (Å²) in [5.41, 5.74) is 1.99. The Morgan fingerprint density at radius 2 is 1.85 bits per heavy atom. The molecule has 0 atom stereocenters. The van der Waals surface area contributed by atoms with Crippen LogP contribution in [0.5, 0.6) is 6.01 Å². The van der Waals surface area contributed by atoms with Crippen molar-refractivity contribution in [1.29, 1.82) is 0 Å². The second kappa shape index (κ2) is 6.86. The number of fused-ring (bicyclic) bond motifs is 1. The van der Waals surface area contributed by atoms with Gasteiger partial charge in [0.05, 0.1) is 11.6 Å². The van der Waals surface area contributed by atoms with Gasteiger partial charge in [0.1, 0.15) is 17.7 Å². The van der Waals surface area contributed by atoms with Crippen LogP contribution < -0.4 is 9.64 Å². The maximum absolute atomic E-state index is 5.96. The average molecular weight is 353 g/mol. The Hall–Kier alpha value is -2.77. The number of piperidine rings is 1. The van der Waals surface area contributed by atoms with E-state index >= 15 is 0 Å². The summed E-state index contributed by atoms with van der Waals surface area (Å²) < 4.78 is 7.75. The molecule has 26 heavy (non-hydrogen) atoms. The van der Waals surface area contributed by atoms with E-state index in [2.05, 4.69) is 36.9 Å². The lowest BCUT2D eigenvalue weighted by Crippen LogP contribution is -2.39. The highest BCUT2D eigenvalue weighted by atomic mass is 16.5. The monoisotopic (exact) mass is 353 g/mol. The van der Waals surface area contributed by atoms with Gasteiger partial charge < -0.3 is 9.64 Å². The first-order valence-corrected chi connectivity index (χ1v) is 9.03. The molecule has 4 rings (SSSR count). The van der Waals surface area contributed by atoms with Crippen molar-refractivity contribution in [2.24, 2.45) is 7.05 Å². The molecular formula is C18H23N7O. The highest BCUT2D eigenvalue weighted by Crippen LogP contribution is 2.27. The molecular weight excluding hydrogens is 330 g/mol. The van der Waals surface area contributed by atoms with E-state index in [-0.39, 0.29) is 6.10 Å². The molecule has 0 spiro atoms. The normalized spacial score (nSPS) is 15.6. The zero-order chi connectivity index (χ0) is 18.1. The number of hydrogen-bond acceptors (Lipinski definition) is 7. The first-order valence-electron chi connectivity index (χ1n) is 9.03. The van der Waals surface area contributed by atoms with Gasteiger partial charge in [-0.3, -0.25) is 4.68 Å². The summed E-state index contributed by atoms with van der Waals surface area (Å²) in [5.74, 6) is 1.72. The molecule has 0 aliphatic carbocycles. The molecule has 1 saturated heterocycles. The second-order valence-corrected chi connectivity index (χ2v) is 6.63. The average Bonchev–Trinajstić information content (AvgIpc) is 3.03. The van der Waals surface area contributed by atoms with Crippen molar-refractivity contribution >= 4 is 16.9 Å². The summed E-state index contributed by atoms with van der Waals surface area (Å²) in [5, 5.41) is 5.32. The van der Waals surface area contributed by atoms with Crippen molar-refractivity contribution in [1.82, 2.24) is 29.7 Å². The van der Waals surface area contributed by atoms with Crippen LogP contribution in [-0.4, -0.2) is 48.9 Å². The van der Waals surface area contributed by atoms with Crippen LogP contribution in [0.15, 0.2) is 18.6 Å². The van der Waals surface area contributed by atoms with Crippen LogP contribution in [0.4, 0.5) is 5.82 Å². The lowest BCUT2D eigenvalue weighted by Gasteiger charge is -2.32. The van der Waals surface area contributed by atoms with Gasteiger partial charge in [-0.1, -0.05) is 6.92 Å². The molecule has 0 saturated carbocycles. The van der Waals surface area contributed by atoms with Crippen LogP contribution in [0.1, 0.15) is 31.2 Å².